The number of primary amides is 1. The maximum Gasteiger partial charge on any atom is 0.313 e. The van der Waals surface area contributed by atoms with E-state index in [-0.39, 0.29) is 5.75 Å². The van der Waals surface area contributed by atoms with Crippen molar-refractivity contribution in [2.45, 2.75) is 18.5 Å². The number of benzene rings is 1. The van der Waals surface area contributed by atoms with Crippen LogP contribution in [-0.4, -0.2) is 32.3 Å². The molecule has 0 radical (unpaired) electrons. The number of aryl methyl sites for hydroxylation is 1. The first-order valence-electron chi connectivity index (χ1n) is 6.34. The zero-order valence-corrected chi connectivity index (χ0v) is 12.3. The number of carbonyl (C=O) groups is 2. The monoisotopic (exact) mass is 305 g/mol. The van der Waals surface area contributed by atoms with Gasteiger partial charge in [0.15, 0.2) is 5.16 Å². The molecular weight excluding hydrogens is 290 g/mol. The van der Waals surface area contributed by atoms with E-state index in [2.05, 4.69) is 4.98 Å². The molecule has 110 valence electrons. The molecule has 0 spiro atoms. The average Bonchev–Trinajstić information content (AvgIpc) is 2.88. The summed E-state index contributed by atoms with van der Waals surface area (Å²) in [4.78, 5) is 26.3. The van der Waals surface area contributed by atoms with Gasteiger partial charge in [-0.3, -0.25) is 14.2 Å². The van der Waals surface area contributed by atoms with Crippen LogP contribution in [0.15, 0.2) is 35.6 Å². The summed E-state index contributed by atoms with van der Waals surface area (Å²) in [5.41, 5.74) is 7.38. The number of imidazole rings is 1. The van der Waals surface area contributed by atoms with Crippen molar-refractivity contribution >= 4 is 23.6 Å². The number of nitrogens with two attached hydrogens (primary N) is 1. The molecule has 21 heavy (non-hydrogen) atoms. The van der Waals surface area contributed by atoms with Crippen LogP contribution in [-0.2, 0) is 11.2 Å². The second kappa shape index (κ2) is 6.45. The minimum absolute atomic E-state index is 0.0737. The highest BCUT2D eigenvalue weighted by Crippen LogP contribution is 2.24. The number of rotatable bonds is 6. The van der Waals surface area contributed by atoms with Crippen molar-refractivity contribution in [2.75, 3.05) is 5.75 Å². The molecule has 3 N–H and O–H groups in total. The zero-order valence-electron chi connectivity index (χ0n) is 11.4. The number of carboxylic acids is 1. The number of hydrogen-bond donors (Lipinski definition) is 2. The van der Waals surface area contributed by atoms with E-state index in [1.807, 2.05) is 17.6 Å². The van der Waals surface area contributed by atoms with Crippen LogP contribution in [0.3, 0.4) is 0 Å². The highest BCUT2D eigenvalue weighted by molar-refractivity contribution is 7.99. The molecule has 2 aromatic rings. The Hall–Kier alpha value is -2.28. The van der Waals surface area contributed by atoms with Gasteiger partial charge in [-0.05, 0) is 24.6 Å². The Morgan fingerprint density at radius 1 is 1.43 bits per heavy atom. The van der Waals surface area contributed by atoms with Crippen LogP contribution in [0.2, 0.25) is 0 Å². The average molecular weight is 305 g/mol. The summed E-state index contributed by atoms with van der Waals surface area (Å²) in [6.45, 7) is 1.98. The van der Waals surface area contributed by atoms with E-state index in [9.17, 15) is 9.59 Å². The standard InChI is InChI=1S/C14H15N3O3S/c1-2-10-7-16-14(21-8-12(18)19)17(10)11-5-3-4-9(6-11)13(15)20/h3-7H,2,8H2,1H3,(H2,15,20)(H,18,19). The van der Waals surface area contributed by atoms with Crippen LogP contribution in [0, 0.1) is 0 Å². The number of carbonyl (C=O) groups excluding carboxylic acids is 1. The second-order valence-corrected chi connectivity index (χ2v) is 5.26. The lowest BCUT2D eigenvalue weighted by Gasteiger charge is -2.11. The van der Waals surface area contributed by atoms with Gasteiger partial charge >= 0.3 is 5.97 Å². The Morgan fingerprint density at radius 2 is 2.19 bits per heavy atom. The van der Waals surface area contributed by atoms with Crippen molar-refractivity contribution in [3.8, 4) is 5.69 Å². The third-order valence-corrected chi connectivity index (χ3v) is 3.82. The van der Waals surface area contributed by atoms with Gasteiger partial charge in [-0.1, -0.05) is 24.8 Å². The summed E-state index contributed by atoms with van der Waals surface area (Å²) in [6, 6.07) is 6.88. The van der Waals surface area contributed by atoms with Crippen LogP contribution < -0.4 is 5.73 Å². The van der Waals surface area contributed by atoms with Gasteiger partial charge in [0.2, 0.25) is 5.91 Å². The molecule has 1 aromatic carbocycles. The topological polar surface area (TPSA) is 98.2 Å². The van der Waals surface area contributed by atoms with Crippen LogP contribution in [0.5, 0.6) is 0 Å². The van der Waals surface area contributed by atoms with Crippen LogP contribution in [0.25, 0.3) is 5.69 Å². The molecule has 0 saturated heterocycles. The SMILES string of the molecule is CCc1cnc(SCC(=O)O)n1-c1cccc(C(N)=O)c1. The fourth-order valence-electron chi connectivity index (χ4n) is 1.92. The van der Waals surface area contributed by atoms with Gasteiger partial charge in [-0.25, -0.2) is 4.98 Å². The number of nitrogens with zero attached hydrogens (tertiary/aromatic N) is 2. The Balaban J connectivity index is 2.45. The fraction of sp³-hybridized carbons (Fsp3) is 0.214. The molecule has 0 saturated carbocycles. The van der Waals surface area contributed by atoms with Gasteiger partial charge in [0.1, 0.15) is 0 Å². The number of amides is 1. The first-order valence-corrected chi connectivity index (χ1v) is 7.33. The summed E-state index contributed by atoms with van der Waals surface area (Å²) in [5, 5.41) is 9.38. The molecule has 6 nitrogen and oxygen atoms in total. The Kier molecular flexibility index (Phi) is 4.64. The predicted octanol–water partition coefficient (Wildman–Crippen LogP) is 1.71. The number of carboxylic acid groups (broad SMARTS) is 1. The largest absolute Gasteiger partial charge is 0.481 e. The molecule has 0 aliphatic heterocycles. The minimum Gasteiger partial charge on any atom is -0.481 e. The second-order valence-electron chi connectivity index (χ2n) is 4.32. The maximum atomic E-state index is 11.3. The van der Waals surface area contributed by atoms with Crippen LogP contribution >= 0.6 is 11.8 Å². The van der Waals surface area contributed by atoms with Gasteiger partial charge in [0.25, 0.3) is 0 Å². The summed E-state index contributed by atoms with van der Waals surface area (Å²) in [6.07, 6.45) is 2.45. The van der Waals surface area contributed by atoms with E-state index in [1.54, 1.807) is 24.4 Å². The fourth-order valence-corrected chi connectivity index (χ4v) is 2.65. The van der Waals surface area contributed by atoms with E-state index in [0.717, 1.165) is 29.6 Å². The van der Waals surface area contributed by atoms with Gasteiger partial charge in [0, 0.05) is 23.1 Å². The van der Waals surface area contributed by atoms with Crippen molar-refractivity contribution in [1.82, 2.24) is 9.55 Å². The third-order valence-electron chi connectivity index (χ3n) is 2.88. The van der Waals surface area contributed by atoms with Crippen molar-refractivity contribution in [1.29, 1.82) is 0 Å². The molecule has 0 fully saturated rings. The quantitative estimate of drug-likeness (QED) is 0.792. The molecular formula is C14H15N3O3S. The van der Waals surface area contributed by atoms with Crippen molar-refractivity contribution in [3.05, 3.63) is 41.7 Å². The lowest BCUT2D eigenvalue weighted by Crippen LogP contribution is -2.12. The van der Waals surface area contributed by atoms with Gasteiger partial charge in [-0.2, -0.15) is 0 Å². The van der Waals surface area contributed by atoms with E-state index in [4.69, 9.17) is 10.8 Å². The third kappa shape index (κ3) is 3.43. The Labute approximate surface area is 126 Å². The molecule has 0 unspecified atom stereocenters. The number of hydrogen-bond acceptors (Lipinski definition) is 4. The van der Waals surface area contributed by atoms with Gasteiger partial charge in [0.05, 0.1) is 5.75 Å². The van der Waals surface area contributed by atoms with Crippen LogP contribution in [0.1, 0.15) is 23.0 Å². The summed E-state index contributed by atoms with van der Waals surface area (Å²) in [5.74, 6) is -1.48. The molecule has 1 aromatic heterocycles. The summed E-state index contributed by atoms with van der Waals surface area (Å²) in [7, 11) is 0. The molecule has 0 bridgehead atoms. The van der Waals surface area contributed by atoms with Crippen molar-refractivity contribution < 1.29 is 14.7 Å². The molecule has 0 aliphatic rings. The molecule has 0 atom stereocenters. The normalized spacial score (nSPS) is 10.5. The smallest absolute Gasteiger partial charge is 0.313 e. The number of thioether (sulfide) groups is 1. The molecule has 1 heterocycles. The lowest BCUT2D eigenvalue weighted by molar-refractivity contribution is -0.133. The number of aromatic nitrogens is 2. The predicted molar refractivity (Wildman–Crippen MR) is 79.8 cm³/mol. The maximum absolute atomic E-state index is 11.3. The van der Waals surface area contributed by atoms with Crippen LogP contribution in [0.4, 0.5) is 0 Å². The highest BCUT2D eigenvalue weighted by atomic mass is 32.2. The van der Waals surface area contributed by atoms with Crippen molar-refractivity contribution in [2.24, 2.45) is 5.73 Å². The molecule has 0 aliphatic carbocycles. The first kappa shape index (κ1) is 15.1. The summed E-state index contributed by atoms with van der Waals surface area (Å²) < 4.78 is 1.85. The first-order chi connectivity index (χ1) is 10.0. The lowest BCUT2D eigenvalue weighted by atomic mass is 10.2. The number of aliphatic carboxylic acids is 1. The Bertz CT molecular complexity index is 682. The Morgan fingerprint density at radius 3 is 2.81 bits per heavy atom. The van der Waals surface area contributed by atoms with E-state index < -0.39 is 11.9 Å². The van der Waals surface area contributed by atoms with Gasteiger partial charge in [-0.15, -0.1) is 0 Å². The molecule has 2 rings (SSSR count). The molecule has 1 amide bonds. The highest BCUT2D eigenvalue weighted by Gasteiger charge is 2.13. The van der Waals surface area contributed by atoms with E-state index >= 15 is 0 Å². The van der Waals surface area contributed by atoms with Gasteiger partial charge < -0.3 is 10.8 Å². The summed E-state index contributed by atoms with van der Waals surface area (Å²) >= 11 is 1.14. The zero-order chi connectivity index (χ0) is 15.4. The van der Waals surface area contributed by atoms with E-state index in [1.165, 1.54) is 0 Å². The minimum atomic E-state index is -0.904. The molecule has 7 heteroatoms. The van der Waals surface area contributed by atoms with Crippen molar-refractivity contribution in [3.63, 3.8) is 0 Å². The van der Waals surface area contributed by atoms with E-state index in [0.29, 0.717) is 10.7 Å².